The third-order valence-electron chi connectivity index (χ3n) is 2.13. The number of nitrogens with zero attached hydrogens (tertiary/aromatic N) is 1. The highest BCUT2D eigenvalue weighted by atomic mass is 127. The molecule has 0 saturated heterocycles. The molecule has 0 unspecified atom stereocenters. The molecule has 17 heavy (non-hydrogen) atoms. The van der Waals surface area contributed by atoms with Gasteiger partial charge in [0.05, 0.1) is 6.10 Å². The predicted molar refractivity (Wildman–Crippen MR) is 74.8 cm³/mol. The molecule has 2 N–H and O–H groups in total. The summed E-state index contributed by atoms with van der Waals surface area (Å²) in [6.45, 7) is 3.98. The number of hydrogen-bond acceptors (Lipinski definition) is 4. The number of ether oxygens (including phenoxy) is 1. The van der Waals surface area contributed by atoms with Crippen molar-refractivity contribution >= 4 is 28.4 Å². The highest BCUT2D eigenvalue weighted by molar-refractivity contribution is 14.1. The van der Waals surface area contributed by atoms with Crippen molar-refractivity contribution in [1.29, 1.82) is 0 Å². The van der Waals surface area contributed by atoms with Crippen molar-refractivity contribution in [3.05, 3.63) is 27.8 Å². The minimum atomic E-state index is 0.143. The van der Waals surface area contributed by atoms with Crippen LogP contribution in [0.5, 0.6) is 5.75 Å². The van der Waals surface area contributed by atoms with Crippen molar-refractivity contribution in [3.8, 4) is 17.1 Å². The maximum Gasteiger partial charge on any atom is 0.182 e. The second kappa shape index (κ2) is 4.95. The Labute approximate surface area is 113 Å². The molecule has 0 bridgehead atoms. The summed E-state index contributed by atoms with van der Waals surface area (Å²) in [4.78, 5) is 0. The number of benzene rings is 1. The number of aromatic nitrogens is 1. The highest BCUT2D eigenvalue weighted by Gasteiger charge is 2.13. The average Bonchev–Trinajstić information content (AvgIpc) is 2.59. The van der Waals surface area contributed by atoms with Crippen molar-refractivity contribution in [2.75, 3.05) is 5.73 Å². The highest BCUT2D eigenvalue weighted by Crippen LogP contribution is 2.31. The summed E-state index contributed by atoms with van der Waals surface area (Å²) in [7, 11) is 0. The topological polar surface area (TPSA) is 61.3 Å². The normalized spacial score (nSPS) is 10.8. The molecule has 0 atom stereocenters. The maximum atomic E-state index is 5.65. The second-order valence-corrected chi connectivity index (χ2v) is 4.98. The molecule has 90 valence electrons. The summed E-state index contributed by atoms with van der Waals surface area (Å²) in [6, 6.07) is 7.69. The molecule has 0 aliphatic rings. The fourth-order valence-electron chi connectivity index (χ4n) is 1.45. The van der Waals surface area contributed by atoms with Crippen LogP contribution in [0.1, 0.15) is 13.8 Å². The average molecular weight is 344 g/mol. The minimum absolute atomic E-state index is 0.143. The van der Waals surface area contributed by atoms with Gasteiger partial charge in [0.2, 0.25) is 0 Å². The predicted octanol–water partition coefficient (Wildman–Crippen LogP) is 3.32. The number of hydrogen-bond donors (Lipinski definition) is 1. The van der Waals surface area contributed by atoms with E-state index < -0.39 is 0 Å². The molecule has 0 fully saturated rings. The van der Waals surface area contributed by atoms with E-state index in [0.29, 0.717) is 11.6 Å². The molecule has 0 saturated carbocycles. The maximum absolute atomic E-state index is 5.65. The van der Waals surface area contributed by atoms with Crippen molar-refractivity contribution in [2.45, 2.75) is 20.0 Å². The number of rotatable bonds is 3. The Morgan fingerprint density at radius 1 is 1.41 bits per heavy atom. The Balaban J connectivity index is 2.36. The summed E-state index contributed by atoms with van der Waals surface area (Å²) in [6.07, 6.45) is 0.143. The van der Waals surface area contributed by atoms with Gasteiger partial charge in [-0.25, -0.2) is 0 Å². The van der Waals surface area contributed by atoms with E-state index in [1.807, 2.05) is 38.1 Å². The van der Waals surface area contributed by atoms with Crippen LogP contribution < -0.4 is 10.5 Å². The summed E-state index contributed by atoms with van der Waals surface area (Å²) >= 11 is 2.12. The summed E-state index contributed by atoms with van der Waals surface area (Å²) in [5.41, 5.74) is 6.57. The number of nitrogen functional groups attached to an aromatic ring is 1. The lowest BCUT2D eigenvalue weighted by Gasteiger charge is -2.10. The quantitative estimate of drug-likeness (QED) is 0.868. The molecular weight excluding hydrogens is 331 g/mol. The Morgan fingerprint density at radius 2 is 2.18 bits per heavy atom. The van der Waals surface area contributed by atoms with E-state index >= 15 is 0 Å². The van der Waals surface area contributed by atoms with Crippen LogP contribution in [0, 0.1) is 3.57 Å². The molecule has 0 amide bonds. The first-order valence-electron chi connectivity index (χ1n) is 5.25. The van der Waals surface area contributed by atoms with E-state index in [1.54, 1.807) is 0 Å². The van der Waals surface area contributed by atoms with Crippen molar-refractivity contribution in [3.63, 3.8) is 0 Å². The van der Waals surface area contributed by atoms with Crippen LogP contribution in [0.15, 0.2) is 28.8 Å². The van der Waals surface area contributed by atoms with Gasteiger partial charge in [0.15, 0.2) is 11.6 Å². The number of nitrogens with two attached hydrogens (primary N) is 1. The fraction of sp³-hybridized carbons (Fsp3) is 0.250. The van der Waals surface area contributed by atoms with E-state index in [9.17, 15) is 0 Å². The molecule has 2 aromatic rings. The first-order chi connectivity index (χ1) is 8.08. The van der Waals surface area contributed by atoms with Gasteiger partial charge in [-0.2, -0.15) is 0 Å². The zero-order valence-corrected chi connectivity index (χ0v) is 11.8. The van der Waals surface area contributed by atoms with Crippen LogP contribution >= 0.6 is 22.6 Å². The van der Waals surface area contributed by atoms with E-state index in [4.69, 9.17) is 15.0 Å². The van der Waals surface area contributed by atoms with E-state index in [2.05, 4.69) is 27.7 Å². The molecule has 0 radical (unpaired) electrons. The Bertz CT molecular complexity index is 523. The van der Waals surface area contributed by atoms with Gasteiger partial charge in [-0.1, -0.05) is 17.3 Å². The molecule has 0 aliphatic heterocycles. The smallest absolute Gasteiger partial charge is 0.182 e. The van der Waals surface area contributed by atoms with Crippen LogP contribution in [-0.4, -0.2) is 11.3 Å². The van der Waals surface area contributed by atoms with Crippen LogP contribution in [0.25, 0.3) is 11.3 Å². The fourth-order valence-corrected chi connectivity index (χ4v) is 1.96. The summed E-state index contributed by atoms with van der Waals surface area (Å²) in [5, 5.41) is 3.74. The second-order valence-electron chi connectivity index (χ2n) is 3.91. The van der Waals surface area contributed by atoms with Gasteiger partial charge >= 0.3 is 0 Å². The Kier molecular flexibility index (Phi) is 3.56. The van der Waals surface area contributed by atoms with E-state index in [0.717, 1.165) is 14.9 Å². The molecule has 2 rings (SSSR count). The molecule has 4 nitrogen and oxygen atoms in total. The van der Waals surface area contributed by atoms with Crippen molar-refractivity contribution < 1.29 is 9.26 Å². The van der Waals surface area contributed by atoms with Gasteiger partial charge in [0, 0.05) is 5.56 Å². The molecule has 1 aromatic carbocycles. The molecule has 0 aliphatic carbocycles. The van der Waals surface area contributed by atoms with Gasteiger partial charge < -0.3 is 15.0 Å². The lowest BCUT2D eigenvalue weighted by Crippen LogP contribution is -2.05. The lowest BCUT2D eigenvalue weighted by molar-refractivity contribution is 0.242. The van der Waals surface area contributed by atoms with Crippen molar-refractivity contribution in [2.24, 2.45) is 0 Å². The third-order valence-corrected chi connectivity index (χ3v) is 3.17. The number of anilines is 1. The zero-order chi connectivity index (χ0) is 12.4. The van der Waals surface area contributed by atoms with E-state index in [-0.39, 0.29) is 6.10 Å². The minimum Gasteiger partial charge on any atom is -0.491 e. The first kappa shape index (κ1) is 12.2. The molecule has 1 aromatic heterocycles. The van der Waals surface area contributed by atoms with Crippen LogP contribution in [-0.2, 0) is 0 Å². The third kappa shape index (κ3) is 2.71. The van der Waals surface area contributed by atoms with Crippen LogP contribution in [0.4, 0.5) is 5.82 Å². The molecule has 0 spiro atoms. The SMILES string of the molecule is CC(C)Oc1cccc(-c2onc(N)c2I)c1. The van der Waals surface area contributed by atoms with Gasteiger partial charge in [-0.05, 0) is 48.6 Å². The van der Waals surface area contributed by atoms with Gasteiger partial charge in [0.1, 0.15) is 9.32 Å². The van der Waals surface area contributed by atoms with Crippen LogP contribution in [0.3, 0.4) is 0 Å². The summed E-state index contributed by atoms with van der Waals surface area (Å²) < 4.78 is 11.7. The van der Waals surface area contributed by atoms with E-state index in [1.165, 1.54) is 0 Å². The summed E-state index contributed by atoms with van der Waals surface area (Å²) in [5.74, 6) is 1.90. The number of halogens is 1. The monoisotopic (exact) mass is 344 g/mol. The zero-order valence-electron chi connectivity index (χ0n) is 9.61. The van der Waals surface area contributed by atoms with Gasteiger partial charge in [-0.3, -0.25) is 0 Å². The Hall–Kier alpha value is -1.24. The van der Waals surface area contributed by atoms with Gasteiger partial charge in [-0.15, -0.1) is 0 Å². The molecule has 5 heteroatoms. The van der Waals surface area contributed by atoms with Crippen molar-refractivity contribution in [1.82, 2.24) is 5.16 Å². The lowest BCUT2D eigenvalue weighted by atomic mass is 10.1. The van der Waals surface area contributed by atoms with Gasteiger partial charge in [0.25, 0.3) is 0 Å². The molecule has 1 heterocycles. The Morgan fingerprint density at radius 3 is 2.76 bits per heavy atom. The largest absolute Gasteiger partial charge is 0.491 e. The standard InChI is InChI=1S/C12H13IN2O2/c1-7(2)16-9-5-3-4-8(6-9)11-10(13)12(14)15-17-11/h3-7H,1-2H3,(H2,14,15). The molecular formula is C12H13IN2O2. The first-order valence-corrected chi connectivity index (χ1v) is 6.33. The van der Waals surface area contributed by atoms with Crippen LogP contribution in [0.2, 0.25) is 0 Å².